The van der Waals surface area contributed by atoms with Crippen LogP contribution in [-0.2, 0) is 14.3 Å². The van der Waals surface area contributed by atoms with Crippen molar-refractivity contribution in [1.82, 2.24) is 0 Å². The van der Waals surface area contributed by atoms with Crippen molar-refractivity contribution < 1.29 is 19.4 Å². The molecule has 8 unspecified atom stereocenters. The fourth-order valence-electron chi connectivity index (χ4n) is 12.8. The number of Topliss-reactive ketones (excluding diaryl/α,β-unsaturated/α-hetero) is 1. The molecule has 4 nitrogen and oxygen atoms in total. The van der Waals surface area contributed by atoms with Gasteiger partial charge in [0.2, 0.25) is 0 Å². The standard InChI is InChI=1S/C39H62O4/c1-12-17-39-21-15-29-37(10)18-13-27-35(7,8)30(43-25(4)22-34(5,6)33(41)42)16-20-36(27,9)28(37)14-19-38(29,11)32(39)31(24(2)3)26(40)23-39/h24,27-30H,4,12-23H2,1-3,5-11H3,(H,41,42). The third kappa shape index (κ3) is 4.72. The summed E-state index contributed by atoms with van der Waals surface area (Å²) < 4.78 is 6.58. The van der Waals surface area contributed by atoms with E-state index in [0.29, 0.717) is 41.6 Å². The smallest absolute Gasteiger partial charge is 0.309 e. The molecule has 0 aliphatic heterocycles. The maximum absolute atomic E-state index is 13.7. The highest BCUT2D eigenvalue weighted by molar-refractivity contribution is 6.00. The molecule has 0 aromatic heterocycles. The molecule has 0 heterocycles. The van der Waals surface area contributed by atoms with Crippen LogP contribution in [0.1, 0.15) is 146 Å². The van der Waals surface area contributed by atoms with Gasteiger partial charge in [-0.05, 0) is 123 Å². The summed E-state index contributed by atoms with van der Waals surface area (Å²) in [6, 6.07) is 0. The van der Waals surface area contributed by atoms with Gasteiger partial charge in [-0.2, -0.15) is 0 Å². The summed E-state index contributed by atoms with van der Waals surface area (Å²) in [6.07, 6.45) is 13.0. The van der Waals surface area contributed by atoms with Gasteiger partial charge < -0.3 is 9.84 Å². The Balaban J connectivity index is 1.44. The van der Waals surface area contributed by atoms with E-state index in [4.69, 9.17) is 4.74 Å². The number of carbonyl (C=O) groups is 2. The van der Waals surface area contributed by atoms with Crippen molar-refractivity contribution in [3.63, 3.8) is 0 Å². The fraction of sp³-hybridized carbons (Fsp3) is 0.846. The van der Waals surface area contributed by atoms with E-state index in [9.17, 15) is 14.7 Å². The maximum atomic E-state index is 13.7. The second kappa shape index (κ2) is 10.5. The summed E-state index contributed by atoms with van der Waals surface area (Å²) in [6.45, 7) is 27.2. The Hall–Kier alpha value is -1.58. The van der Waals surface area contributed by atoms with Gasteiger partial charge in [-0.25, -0.2) is 0 Å². The van der Waals surface area contributed by atoms with Crippen LogP contribution in [0.15, 0.2) is 23.5 Å². The molecule has 5 aliphatic rings. The molecular weight excluding hydrogens is 532 g/mol. The number of allylic oxidation sites excluding steroid dienone is 3. The van der Waals surface area contributed by atoms with E-state index in [2.05, 4.69) is 62.0 Å². The Labute approximate surface area is 262 Å². The zero-order chi connectivity index (χ0) is 32.0. The predicted octanol–water partition coefficient (Wildman–Crippen LogP) is 10.2. The molecule has 0 radical (unpaired) electrons. The third-order valence-corrected chi connectivity index (χ3v) is 14.5. The zero-order valence-electron chi connectivity index (χ0n) is 29.3. The SMILES string of the molecule is C=C(CC(C)(C)C(=O)O)OC1CCC2(C)C(CCC3(C)C4CCC5(CCC)CC(=O)C(C(C)C)=C5C4(C)CCC32)C1(C)C. The first-order chi connectivity index (χ1) is 19.8. The summed E-state index contributed by atoms with van der Waals surface area (Å²) in [5, 5.41) is 9.65. The molecule has 0 bridgehead atoms. The van der Waals surface area contributed by atoms with Crippen LogP contribution >= 0.6 is 0 Å². The largest absolute Gasteiger partial charge is 0.495 e. The van der Waals surface area contributed by atoms with Gasteiger partial charge >= 0.3 is 5.97 Å². The van der Waals surface area contributed by atoms with Crippen LogP contribution in [0, 0.1) is 56.2 Å². The molecule has 8 atom stereocenters. The van der Waals surface area contributed by atoms with Crippen LogP contribution in [0.4, 0.5) is 0 Å². The fourth-order valence-corrected chi connectivity index (χ4v) is 12.8. The average Bonchev–Trinajstić information content (AvgIpc) is 3.18. The van der Waals surface area contributed by atoms with Crippen LogP contribution in [-0.4, -0.2) is 23.0 Å². The van der Waals surface area contributed by atoms with Crippen molar-refractivity contribution >= 4 is 11.8 Å². The number of ether oxygens (including phenoxy) is 1. The van der Waals surface area contributed by atoms with E-state index in [0.717, 1.165) is 32.1 Å². The van der Waals surface area contributed by atoms with Crippen LogP contribution in [0.3, 0.4) is 0 Å². The molecule has 0 aromatic rings. The molecule has 43 heavy (non-hydrogen) atoms. The van der Waals surface area contributed by atoms with Crippen molar-refractivity contribution in [2.45, 2.75) is 152 Å². The van der Waals surface area contributed by atoms with Crippen molar-refractivity contribution in [1.29, 1.82) is 0 Å². The second-order valence-corrected chi connectivity index (χ2v) is 18.1. The Morgan fingerprint density at radius 1 is 0.953 bits per heavy atom. The number of carboxylic acids is 1. The van der Waals surface area contributed by atoms with Crippen LogP contribution < -0.4 is 0 Å². The van der Waals surface area contributed by atoms with Gasteiger partial charge in [0.15, 0.2) is 5.78 Å². The molecule has 4 saturated carbocycles. The van der Waals surface area contributed by atoms with Gasteiger partial charge in [-0.3, -0.25) is 9.59 Å². The topological polar surface area (TPSA) is 63.6 Å². The molecule has 0 saturated heterocycles. The predicted molar refractivity (Wildman–Crippen MR) is 174 cm³/mol. The van der Waals surface area contributed by atoms with Gasteiger partial charge in [-0.1, -0.05) is 74.0 Å². The molecular formula is C39H62O4. The minimum Gasteiger partial charge on any atom is -0.495 e. The highest BCUT2D eigenvalue weighted by atomic mass is 16.5. The molecule has 4 heteroatoms. The van der Waals surface area contributed by atoms with Crippen LogP contribution in [0.25, 0.3) is 0 Å². The van der Waals surface area contributed by atoms with Gasteiger partial charge in [0.1, 0.15) is 6.10 Å². The lowest BCUT2D eigenvalue weighted by molar-refractivity contribution is -0.217. The normalized spacial score (nSPS) is 42.2. The highest BCUT2D eigenvalue weighted by Crippen LogP contribution is 2.76. The number of carbonyl (C=O) groups excluding carboxylic acids is 1. The number of ketones is 1. The first kappa shape index (κ1) is 32.8. The van der Waals surface area contributed by atoms with E-state index < -0.39 is 11.4 Å². The second-order valence-electron chi connectivity index (χ2n) is 18.1. The summed E-state index contributed by atoms with van der Waals surface area (Å²) in [7, 11) is 0. The van der Waals surface area contributed by atoms with E-state index >= 15 is 0 Å². The Kier molecular flexibility index (Phi) is 7.99. The van der Waals surface area contributed by atoms with Crippen molar-refractivity contribution in [3.8, 4) is 0 Å². The molecule has 242 valence electrons. The first-order valence-corrected chi connectivity index (χ1v) is 17.7. The number of carboxylic acid groups (broad SMARTS) is 1. The maximum Gasteiger partial charge on any atom is 0.309 e. The van der Waals surface area contributed by atoms with E-state index in [1.54, 1.807) is 19.4 Å². The summed E-state index contributed by atoms with van der Waals surface area (Å²) in [5.41, 5.74) is 2.69. The van der Waals surface area contributed by atoms with Crippen LogP contribution in [0.2, 0.25) is 0 Å². The van der Waals surface area contributed by atoms with Gasteiger partial charge in [0.05, 0.1) is 11.2 Å². The Morgan fingerprint density at radius 3 is 2.14 bits per heavy atom. The van der Waals surface area contributed by atoms with Gasteiger partial charge in [0, 0.05) is 18.3 Å². The summed E-state index contributed by atoms with van der Waals surface area (Å²) in [5.74, 6) is 2.43. The van der Waals surface area contributed by atoms with Crippen molar-refractivity contribution in [2.75, 3.05) is 0 Å². The average molecular weight is 595 g/mol. The zero-order valence-corrected chi connectivity index (χ0v) is 29.3. The van der Waals surface area contributed by atoms with Crippen molar-refractivity contribution in [2.24, 2.45) is 56.2 Å². The number of rotatable bonds is 8. The van der Waals surface area contributed by atoms with Gasteiger partial charge in [-0.15, -0.1) is 0 Å². The van der Waals surface area contributed by atoms with Gasteiger partial charge in [0.25, 0.3) is 0 Å². The number of fused-ring (bicyclic) bond motifs is 7. The summed E-state index contributed by atoms with van der Waals surface area (Å²) >= 11 is 0. The first-order valence-electron chi connectivity index (χ1n) is 17.7. The van der Waals surface area contributed by atoms with E-state index in [1.165, 1.54) is 44.1 Å². The third-order valence-electron chi connectivity index (χ3n) is 14.5. The highest BCUT2D eigenvalue weighted by Gasteiger charge is 2.69. The molecule has 0 aromatic carbocycles. The number of hydrogen-bond acceptors (Lipinski definition) is 3. The quantitative estimate of drug-likeness (QED) is 0.284. The molecule has 0 spiro atoms. The molecule has 0 amide bonds. The number of aliphatic carboxylic acids is 1. The summed E-state index contributed by atoms with van der Waals surface area (Å²) in [4.78, 5) is 25.4. The minimum atomic E-state index is -0.880. The van der Waals surface area contributed by atoms with E-state index in [-0.39, 0.29) is 33.2 Å². The number of hydrogen-bond donors (Lipinski definition) is 1. The molecule has 4 fully saturated rings. The lowest BCUT2D eigenvalue weighted by Crippen LogP contribution is -2.64. The molecule has 1 N–H and O–H groups in total. The minimum absolute atomic E-state index is 0.0144. The lowest BCUT2D eigenvalue weighted by Gasteiger charge is -2.71. The Morgan fingerprint density at radius 2 is 1.53 bits per heavy atom. The van der Waals surface area contributed by atoms with Crippen molar-refractivity contribution in [3.05, 3.63) is 23.5 Å². The monoisotopic (exact) mass is 594 g/mol. The van der Waals surface area contributed by atoms with Crippen LogP contribution in [0.5, 0.6) is 0 Å². The molecule has 5 aliphatic carbocycles. The lowest BCUT2D eigenvalue weighted by atomic mass is 9.34. The Bertz CT molecular complexity index is 1210. The van der Waals surface area contributed by atoms with E-state index in [1.807, 2.05) is 0 Å². The molecule has 5 rings (SSSR count).